The lowest BCUT2D eigenvalue weighted by molar-refractivity contribution is 0.545. The third-order valence-corrected chi connectivity index (χ3v) is 10.9. The van der Waals surface area contributed by atoms with Crippen molar-refractivity contribution >= 4 is 60.9 Å². The minimum atomic E-state index is -0.192. The molecule has 0 saturated carbocycles. The average molecular weight is 654 g/mol. The van der Waals surface area contributed by atoms with Gasteiger partial charge in [-0.25, -0.2) is 0 Å². The Morgan fingerprint density at radius 1 is 0.540 bits per heavy atom. The molecule has 2 heterocycles. The molecule has 0 unspecified atom stereocenters. The average Bonchev–Trinajstić information content (AvgIpc) is 3.72. The van der Waals surface area contributed by atoms with Crippen molar-refractivity contribution in [3.63, 3.8) is 0 Å². The third kappa shape index (κ3) is 4.42. The van der Waals surface area contributed by atoms with Gasteiger partial charge >= 0.3 is 0 Å². The van der Waals surface area contributed by atoms with Crippen molar-refractivity contribution in [1.29, 1.82) is 0 Å². The van der Waals surface area contributed by atoms with Crippen molar-refractivity contribution in [1.82, 2.24) is 0 Å². The molecule has 0 radical (unpaired) electrons. The number of benzene rings is 6. The molecule has 0 fully saturated rings. The van der Waals surface area contributed by atoms with Crippen molar-refractivity contribution in [2.75, 3.05) is 4.90 Å². The summed E-state index contributed by atoms with van der Waals surface area (Å²) in [5.74, 6) is 0. The van der Waals surface area contributed by atoms with E-state index in [1.807, 2.05) is 18.2 Å². The first kappa shape index (κ1) is 30.8. The van der Waals surface area contributed by atoms with Crippen LogP contribution in [0.15, 0.2) is 124 Å². The predicted octanol–water partition coefficient (Wildman–Crippen LogP) is 13.9. The molecule has 1 aliphatic carbocycles. The van der Waals surface area contributed by atoms with Gasteiger partial charge in [0.05, 0.1) is 16.8 Å². The van der Waals surface area contributed by atoms with E-state index in [9.17, 15) is 0 Å². The summed E-state index contributed by atoms with van der Waals surface area (Å²) in [5, 5.41) is 4.45. The molecule has 1 aliphatic rings. The highest BCUT2D eigenvalue weighted by molar-refractivity contribution is 6.15. The van der Waals surface area contributed by atoms with Crippen molar-refractivity contribution in [3.05, 3.63) is 138 Å². The van der Waals surface area contributed by atoms with Gasteiger partial charge in [0.2, 0.25) is 0 Å². The second-order valence-corrected chi connectivity index (χ2v) is 16.6. The highest BCUT2D eigenvalue weighted by Gasteiger charge is 2.42. The zero-order chi connectivity index (χ0) is 34.7. The fourth-order valence-corrected chi connectivity index (χ4v) is 8.41. The molecular formula is C47H43NO2. The Morgan fingerprint density at radius 3 is 1.90 bits per heavy atom. The lowest BCUT2D eigenvalue weighted by Crippen LogP contribution is -2.24. The normalized spacial score (nSPS) is 14.2. The molecule has 50 heavy (non-hydrogen) atoms. The van der Waals surface area contributed by atoms with Crippen LogP contribution < -0.4 is 4.90 Å². The second-order valence-electron chi connectivity index (χ2n) is 16.6. The monoisotopic (exact) mass is 653 g/mol. The number of rotatable bonds is 3. The number of para-hydroxylation sites is 2. The Kier molecular flexibility index (Phi) is 6.38. The zero-order valence-electron chi connectivity index (χ0n) is 30.2. The number of anilines is 3. The lowest BCUT2D eigenvalue weighted by Gasteiger charge is -2.32. The molecule has 9 rings (SSSR count). The Bertz CT molecular complexity index is 2650. The van der Waals surface area contributed by atoms with E-state index in [2.05, 4.69) is 157 Å². The molecule has 0 atom stereocenters. The van der Waals surface area contributed by atoms with Gasteiger partial charge in [-0.1, -0.05) is 122 Å². The van der Waals surface area contributed by atoms with Crippen LogP contribution in [0.5, 0.6) is 0 Å². The van der Waals surface area contributed by atoms with Gasteiger partial charge in [0, 0.05) is 38.9 Å². The number of furan rings is 2. The van der Waals surface area contributed by atoms with E-state index in [0.29, 0.717) is 0 Å². The SMILES string of the molecule is CC(C)(C)c1cc2c(c(C(C)(C)C)c1)C(C)(C)c1cccc(N(c3ccc4c(c3)oc3ccccc34)c3cccc4oc5ccccc5c34)c1-2. The maximum absolute atomic E-state index is 6.50. The van der Waals surface area contributed by atoms with Crippen molar-refractivity contribution < 1.29 is 8.83 Å². The van der Waals surface area contributed by atoms with E-state index in [4.69, 9.17) is 8.83 Å². The molecule has 0 N–H and O–H groups in total. The second kappa shape index (κ2) is 10.4. The predicted molar refractivity (Wildman–Crippen MR) is 211 cm³/mol. The van der Waals surface area contributed by atoms with E-state index < -0.39 is 0 Å². The zero-order valence-corrected chi connectivity index (χ0v) is 30.2. The quantitative estimate of drug-likeness (QED) is 0.190. The van der Waals surface area contributed by atoms with E-state index >= 15 is 0 Å². The van der Waals surface area contributed by atoms with Crippen LogP contribution in [0, 0.1) is 0 Å². The fourth-order valence-electron chi connectivity index (χ4n) is 8.41. The molecule has 0 spiro atoms. The smallest absolute Gasteiger partial charge is 0.137 e. The van der Waals surface area contributed by atoms with Crippen LogP contribution in [0.3, 0.4) is 0 Å². The molecular weight excluding hydrogens is 611 g/mol. The van der Waals surface area contributed by atoms with Gasteiger partial charge in [0.25, 0.3) is 0 Å². The van der Waals surface area contributed by atoms with Crippen LogP contribution >= 0.6 is 0 Å². The van der Waals surface area contributed by atoms with Crippen molar-refractivity contribution in [2.45, 2.75) is 71.6 Å². The van der Waals surface area contributed by atoms with E-state index in [1.54, 1.807) is 0 Å². The van der Waals surface area contributed by atoms with Crippen LogP contribution in [0.1, 0.15) is 77.6 Å². The van der Waals surface area contributed by atoms with Crippen molar-refractivity contribution in [2.24, 2.45) is 0 Å². The molecule has 0 bridgehead atoms. The van der Waals surface area contributed by atoms with Gasteiger partial charge in [-0.05, 0) is 81.1 Å². The molecule has 0 saturated heterocycles. The van der Waals surface area contributed by atoms with Crippen LogP contribution in [0.2, 0.25) is 0 Å². The molecule has 3 nitrogen and oxygen atoms in total. The molecule has 3 heteroatoms. The van der Waals surface area contributed by atoms with E-state index in [-0.39, 0.29) is 16.2 Å². The van der Waals surface area contributed by atoms with Gasteiger partial charge in [-0.2, -0.15) is 0 Å². The van der Waals surface area contributed by atoms with Crippen LogP contribution in [-0.2, 0) is 16.2 Å². The van der Waals surface area contributed by atoms with Gasteiger partial charge in [-0.3, -0.25) is 0 Å². The standard InChI is InChI=1S/C47H43NO2/c1-45(2,3)28-25-33-42-34(47(7,8)44(33)35(26-28)46(4,5)6)17-13-18-36(42)48(29-23-24-31-30-15-9-11-20-38(30)50-41(31)27-29)37-19-14-22-40-43(37)32-16-10-12-21-39(32)49-40/h9-27H,1-8H3. The fraction of sp³-hybridized carbons (Fsp3) is 0.234. The molecule has 8 aromatic rings. The van der Waals surface area contributed by atoms with E-state index in [1.165, 1.54) is 33.4 Å². The molecule has 6 aromatic carbocycles. The van der Waals surface area contributed by atoms with Crippen molar-refractivity contribution in [3.8, 4) is 11.1 Å². The third-order valence-electron chi connectivity index (χ3n) is 10.9. The minimum absolute atomic E-state index is 0.00973. The Balaban J connectivity index is 1.40. The summed E-state index contributed by atoms with van der Waals surface area (Å²) >= 11 is 0. The summed E-state index contributed by atoms with van der Waals surface area (Å²) in [4.78, 5) is 2.45. The summed E-state index contributed by atoms with van der Waals surface area (Å²) in [6, 6.07) is 41.6. The van der Waals surface area contributed by atoms with Gasteiger partial charge in [-0.15, -0.1) is 0 Å². The van der Waals surface area contributed by atoms with E-state index in [0.717, 1.165) is 60.9 Å². The lowest BCUT2D eigenvalue weighted by atomic mass is 9.71. The van der Waals surface area contributed by atoms with Crippen LogP contribution in [0.4, 0.5) is 17.1 Å². The largest absolute Gasteiger partial charge is 0.456 e. The molecule has 2 aromatic heterocycles. The minimum Gasteiger partial charge on any atom is -0.456 e. The first-order chi connectivity index (χ1) is 23.8. The summed E-state index contributed by atoms with van der Waals surface area (Å²) in [7, 11) is 0. The number of hydrogen-bond donors (Lipinski definition) is 0. The van der Waals surface area contributed by atoms with Gasteiger partial charge in [0.1, 0.15) is 22.3 Å². The topological polar surface area (TPSA) is 29.5 Å². The highest BCUT2D eigenvalue weighted by atomic mass is 16.3. The van der Waals surface area contributed by atoms with Gasteiger partial charge in [0.15, 0.2) is 0 Å². The molecule has 0 aliphatic heterocycles. The Morgan fingerprint density at radius 2 is 1.16 bits per heavy atom. The van der Waals surface area contributed by atoms with Gasteiger partial charge < -0.3 is 13.7 Å². The number of nitrogens with zero attached hydrogens (tertiary/aromatic N) is 1. The molecule has 248 valence electrons. The highest BCUT2D eigenvalue weighted by Crippen LogP contribution is 2.58. The number of hydrogen-bond acceptors (Lipinski definition) is 3. The maximum atomic E-state index is 6.50. The summed E-state index contributed by atoms with van der Waals surface area (Å²) in [6.45, 7) is 18.9. The summed E-state index contributed by atoms with van der Waals surface area (Å²) in [5.41, 5.74) is 14.7. The Hall–Kier alpha value is -5.28. The maximum Gasteiger partial charge on any atom is 0.137 e. The Labute approximate surface area is 294 Å². The first-order valence-corrected chi connectivity index (χ1v) is 17.8. The first-order valence-electron chi connectivity index (χ1n) is 17.8. The summed E-state index contributed by atoms with van der Waals surface area (Å²) in [6.07, 6.45) is 0. The molecule has 0 amide bonds. The van der Waals surface area contributed by atoms with Crippen LogP contribution in [-0.4, -0.2) is 0 Å². The summed E-state index contributed by atoms with van der Waals surface area (Å²) < 4.78 is 13.0. The van der Waals surface area contributed by atoms with Crippen LogP contribution in [0.25, 0.3) is 55.0 Å². The number of fused-ring (bicyclic) bond motifs is 9.